The van der Waals surface area contributed by atoms with Gasteiger partial charge >= 0.3 is 0 Å². The number of carbonyl (C=O) groups is 1. The van der Waals surface area contributed by atoms with E-state index < -0.39 is 0 Å². The van der Waals surface area contributed by atoms with E-state index in [0.29, 0.717) is 6.42 Å². The van der Waals surface area contributed by atoms with Crippen LogP contribution < -0.4 is 0 Å². The molecule has 0 saturated carbocycles. The van der Waals surface area contributed by atoms with Gasteiger partial charge in [0, 0.05) is 6.54 Å². The van der Waals surface area contributed by atoms with Crippen molar-refractivity contribution in [2.75, 3.05) is 13.1 Å². The highest BCUT2D eigenvalue weighted by atomic mass is 16.1. The molecule has 2 heterocycles. The van der Waals surface area contributed by atoms with Gasteiger partial charge in [0.15, 0.2) is 5.78 Å². The minimum atomic E-state index is -0.358. The first-order valence-electron chi connectivity index (χ1n) is 8.26. The Kier molecular flexibility index (Phi) is 5.51. The highest BCUT2D eigenvalue weighted by Gasteiger charge is 2.38. The number of hydrogen-bond acceptors (Lipinski definition) is 4. The quantitative estimate of drug-likeness (QED) is 0.774. The van der Waals surface area contributed by atoms with Crippen LogP contribution in [0.2, 0.25) is 0 Å². The second-order valence-corrected chi connectivity index (χ2v) is 6.17. The number of nitrogens with zero attached hydrogens (tertiary/aromatic N) is 4. The van der Waals surface area contributed by atoms with E-state index in [2.05, 4.69) is 35.8 Å². The Labute approximate surface area is 127 Å². The molecule has 0 aromatic carbocycles. The SMILES string of the molecule is CCCn1ncnc1CC(=O)C(C)(CC)N1CCCCC1. The van der Waals surface area contributed by atoms with E-state index in [-0.39, 0.29) is 11.3 Å². The van der Waals surface area contributed by atoms with Crippen LogP contribution in [0.4, 0.5) is 0 Å². The zero-order valence-corrected chi connectivity index (χ0v) is 13.6. The second-order valence-electron chi connectivity index (χ2n) is 6.17. The van der Waals surface area contributed by atoms with Gasteiger partial charge in [-0.2, -0.15) is 5.10 Å². The van der Waals surface area contributed by atoms with E-state index in [1.54, 1.807) is 6.33 Å². The smallest absolute Gasteiger partial charge is 0.160 e. The van der Waals surface area contributed by atoms with Crippen molar-refractivity contribution >= 4 is 5.78 Å². The molecule has 1 atom stereocenters. The highest BCUT2D eigenvalue weighted by Crippen LogP contribution is 2.26. The Morgan fingerprint density at radius 2 is 2.00 bits per heavy atom. The molecule has 1 fully saturated rings. The van der Waals surface area contributed by atoms with Crippen LogP contribution in [0, 0.1) is 0 Å². The van der Waals surface area contributed by atoms with Crippen LogP contribution >= 0.6 is 0 Å². The molecule has 1 aromatic heterocycles. The minimum absolute atomic E-state index is 0.275. The zero-order chi connectivity index (χ0) is 15.3. The number of piperidine rings is 1. The lowest BCUT2D eigenvalue weighted by Crippen LogP contribution is -2.54. The third kappa shape index (κ3) is 3.51. The summed E-state index contributed by atoms with van der Waals surface area (Å²) >= 11 is 0. The monoisotopic (exact) mass is 292 g/mol. The molecule has 2 rings (SSSR count). The van der Waals surface area contributed by atoms with Crippen LogP contribution in [0.15, 0.2) is 6.33 Å². The summed E-state index contributed by atoms with van der Waals surface area (Å²) in [6.45, 7) is 9.23. The molecule has 21 heavy (non-hydrogen) atoms. The first-order chi connectivity index (χ1) is 10.1. The molecule has 118 valence electrons. The first kappa shape index (κ1) is 16.1. The van der Waals surface area contributed by atoms with E-state index in [9.17, 15) is 4.79 Å². The number of aromatic nitrogens is 3. The van der Waals surface area contributed by atoms with Crippen LogP contribution in [0.3, 0.4) is 0 Å². The van der Waals surface area contributed by atoms with Gasteiger partial charge in [-0.1, -0.05) is 20.3 Å². The third-order valence-electron chi connectivity index (χ3n) is 4.79. The van der Waals surface area contributed by atoms with E-state index in [1.165, 1.54) is 19.3 Å². The molecule has 0 amide bonds. The lowest BCUT2D eigenvalue weighted by molar-refractivity contribution is -0.130. The molecular formula is C16H28N4O. The molecular weight excluding hydrogens is 264 g/mol. The predicted molar refractivity (Wildman–Crippen MR) is 83.1 cm³/mol. The maximum absolute atomic E-state index is 12.9. The van der Waals surface area contributed by atoms with Crippen LogP contribution in [0.25, 0.3) is 0 Å². The number of rotatable bonds is 7. The van der Waals surface area contributed by atoms with Crippen LogP contribution in [-0.4, -0.2) is 44.1 Å². The summed E-state index contributed by atoms with van der Waals surface area (Å²) in [6, 6.07) is 0. The summed E-state index contributed by atoms with van der Waals surface area (Å²) in [4.78, 5) is 19.6. The van der Waals surface area contributed by atoms with Crippen molar-refractivity contribution in [1.82, 2.24) is 19.7 Å². The molecule has 0 spiro atoms. The van der Waals surface area contributed by atoms with E-state index in [1.807, 2.05) is 4.68 Å². The fraction of sp³-hybridized carbons (Fsp3) is 0.812. The average molecular weight is 292 g/mol. The van der Waals surface area contributed by atoms with Gasteiger partial charge in [0.05, 0.1) is 12.0 Å². The van der Waals surface area contributed by atoms with Gasteiger partial charge in [-0.05, 0) is 45.7 Å². The Morgan fingerprint density at radius 3 is 2.62 bits per heavy atom. The van der Waals surface area contributed by atoms with Gasteiger partial charge in [-0.25, -0.2) is 9.67 Å². The van der Waals surface area contributed by atoms with Crippen molar-refractivity contribution in [3.05, 3.63) is 12.2 Å². The zero-order valence-electron chi connectivity index (χ0n) is 13.6. The van der Waals surface area contributed by atoms with Gasteiger partial charge in [0.2, 0.25) is 0 Å². The van der Waals surface area contributed by atoms with E-state index >= 15 is 0 Å². The van der Waals surface area contributed by atoms with Gasteiger partial charge in [-0.3, -0.25) is 9.69 Å². The topological polar surface area (TPSA) is 51.0 Å². The number of likely N-dealkylation sites (tertiary alicyclic amines) is 1. The molecule has 1 aliphatic heterocycles. The number of aryl methyl sites for hydroxylation is 1. The Bertz CT molecular complexity index is 465. The van der Waals surface area contributed by atoms with Crippen LogP contribution in [0.5, 0.6) is 0 Å². The lowest BCUT2D eigenvalue weighted by atomic mass is 9.87. The molecule has 1 unspecified atom stereocenters. The number of hydrogen-bond donors (Lipinski definition) is 0. The average Bonchev–Trinajstić information content (AvgIpc) is 2.95. The normalized spacial score (nSPS) is 19.4. The van der Waals surface area contributed by atoms with Crippen molar-refractivity contribution in [2.45, 2.75) is 71.4 Å². The van der Waals surface area contributed by atoms with Gasteiger partial charge in [-0.15, -0.1) is 0 Å². The third-order valence-corrected chi connectivity index (χ3v) is 4.79. The second kappa shape index (κ2) is 7.16. The fourth-order valence-electron chi connectivity index (χ4n) is 3.14. The molecule has 5 heteroatoms. The van der Waals surface area contributed by atoms with Crippen molar-refractivity contribution in [1.29, 1.82) is 0 Å². The standard InChI is InChI=1S/C16H28N4O/c1-4-9-20-15(17-13-18-20)12-14(21)16(3,5-2)19-10-7-6-8-11-19/h13H,4-12H2,1-3H3. The first-order valence-corrected chi connectivity index (χ1v) is 8.26. The Balaban J connectivity index is 2.10. The Morgan fingerprint density at radius 1 is 1.29 bits per heavy atom. The van der Waals surface area contributed by atoms with E-state index in [4.69, 9.17) is 0 Å². The van der Waals surface area contributed by atoms with Gasteiger partial charge in [0.25, 0.3) is 0 Å². The summed E-state index contributed by atoms with van der Waals surface area (Å²) in [5, 5.41) is 4.22. The number of Topliss-reactive ketones (excluding diaryl/α,β-unsaturated/α-hetero) is 1. The molecule has 5 nitrogen and oxygen atoms in total. The maximum atomic E-state index is 12.9. The van der Waals surface area contributed by atoms with Crippen molar-refractivity contribution in [2.24, 2.45) is 0 Å². The largest absolute Gasteiger partial charge is 0.297 e. The predicted octanol–water partition coefficient (Wildman–Crippen LogP) is 2.45. The Hall–Kier alpha value is -1.23. The van der Waals surface area contributed by atoms with E-state index in [0.717, 1.165) is 38.3 Å². The number of ketones is 1. The summed E-state index contributed by atoms with van der Waals surface area (Å²) in [6.07, 6.45) is 7.50. The molecule has 1 aromatic rings. The maximum Gasteiger partial charge on any atom is 0.160 e. The minimum Gasteiger partial charge on any atom is -0.297 e. The molecule has 0 aliphatic carbocycles. The lowest BCUT2D eigenvalue weighted by Gasteiger charge is -2.41. The van der Waals surface area contributed by atoms with Crippen molar-refractivity contribution < 1.29 is 4.79 Å². The van der Waals surface area contributed by atoms with Crippen molar-refractivity contribution in [3.63, 3.8) is 0 Å². The van der Waals surface area contributed by atoms with Crippen LogP contribution in [0.1, 0.15) is 58.7 Å². The molecule has 1 aliphatic rings. The number of carbonyl (C=O) groups excluding carboxylic acids is 1. The summed E-state index contributed by atoms with van der Waals surface area (Å²) < 4.78 is 1.87. The fourth-order valence-corrected chi connectivity index (χ4v) is 3.14. The molecule has 0 bridgehead atoms. The molecule has 0 radical (unpaired) electrons. The summed E-state index contributed by atoms with van der Waals surface area (Å²) in [5.74, 6) is 1.08. The van der Waals surface area contributed by atoms with Crippen molar-refractivity contribution in [3.8, 4) is 0 Å². The summed E-state index contributed by atoms with van der Waals surface area (Å²) in [5.41, 5.74) is -0.358. The van der Waals surface area contributed by atoms with Gasteiger partial charge in [0.1, 0.15) is 12.2 Å². The molecule has 1 saturated heterocycles. The van der Waals surface area contributed by atoms with Crippen LogP contribution in [-0.2, 0) is 17.8 Å². The molecule has 0 N–H and O–H groups in total. The highest BCUT2D eigenvalue weighted by molar-refractivity contribution is 5.89. The summed E-state index contributed by atoms with van der Waals surface area (Å²) in [7, 11) is 0. The van der Waals surface area contributed by atoms with Gasteiger partial charge < -0.3 is 0 Å².